The van der Waals surface area contributed by atoms with Crippen LogP contribution < -0.4 is 16.2 Å². The maximum absolute atomic E-state index is 12.5. The van der Waals surface area contributed by atoms with Crippen LogP contribution in [0.2, 0.25) is 0 Å². The van der Waals surface area contributed by atoms with Gasteiger partial charge < -0.3 is 15.6 Å². The van der Waals surface area contributed by atoms with Crippen LogP contribution in [0, 0.1) is 10.1 Å². The summed E-state index contributed by atoms with van der Waals surface area (Å²) < 4.78 is 0. The number of rotatable bonds is 4. The van der Waals surface area contributed by atoms with Crippen LogP contribution in [0.4, 0.5) is 5.69 Å². The number of nitro groups is 1. The molecular formula is C16H16N4O4. The van der Waals surface area contributed by atoms with E-state index in [0.29, 0.717) is 17.4 Å². The predicted molar refractivity (Wildman–Crippen MR) is 89.1 cm³/mol. The highest BCUT2D eigenvalue weighted by Crippen LogP contribution is 2.21. The van der Waals surface area contributed by atoms with Crippen molar-refractivity contribution < 1.29 is 9.72 Å². The van der Waals surface area contributed by atoms with Crippen molar-refractivity contribution in [1.29, 1.82) is 0 Å². The van der Waals surface area contributed by atoms with Crippen molar-refractivity contribution in [1.82, 2.24) is 15.6 Å². The van der Waals surface area contributed by atoms with E-state index in [1.165, 1.54) is 18.2 Å². The normalized spacial score (nSPS) is 14.2. The average molecular weight is 328 g/mol. The fourth-order valence-electron chi connectivity index (χ4n) is 2.66. The Morgan fingerprint density at radius 3 is 2.88 bits per heavy atom. The minimum absolute atomic E-state index is 0.131. The second-order valence-corrected chi connectivity index (χ2v) is 5.53. The Labute approximate surface area is 136 Å². The Kier molecular flexibility index (Phi) is 4.39. The standard InChI is InChI=1S/C16H16N4O4/c21-15-8-13(16(22)18-9-10-3-5-17-6-4-10)12-7-11(20(23)24)1-2-14(12)19-15/h1-3,7-8,17H,4-6,9H2,(H,18,22)(H,19,21). The van der Waals surface area contributed by atoms with Crippen LogP contribution in [-0.2, 0) is 0 Å². The molecule has 3 rings (SSSR count). The maximum Gasteiger partial charge on any atom is 0.270 e. The number of carbonyl (C=O) groups excluding carboxylic acids is 1. The second-order valence-electron chi connectivity index (χ2n) is 5.53. The van der Waals surface area contributed by atoms with Crippen LogP contribution in [0.3, 0.4) is 0 Å². The van der Waals surface area contributed by atoms with Crippen molar-refractivity contribution in [2.75, 3.05) is 19.6 Å². The van der Waals surface area contributed by atoms with Gasteiger partial charge in [0.25, 0.3) is 11.6 Å². The number of nitro benzene ring substituents is 1. The molecule has 8 nitrogen and oxygen atoms in total. The maximum atomic E-state index is 12.5. The number of pyridine rings is 1. The van der Waals surface area contributed by atoms with Crippen LogP contribution in [0.5, 0.6) is 0 Å². The van der Waals surface area contributed by atoms with Gasteiger partial charge in [-0.05, 0) is 19.0 Å². The highest BCUT2D eigenvalue weighted by atomic mass is 16.6. The van der Waals surface area contributed by atoms with Crippen molar-refractivity contribution >= 4 is 22.5 Å². The summed E-state index contributed by atoms with van der Waals surface area (Å²) in [7, 11) is 0. The van der Waals surface area contributed by atoms with Gasteiger partial charge in [-0.3, -0.25) is 19.7 Å². The molecule has 1 amide bonds. The monoisotopic (exact) mass is 328 g/mol. The lowest BCUT2D eigenvalue weighted by atomic mass is 10.1. The molecule has 8 heteroatoms. The van der Waals surface area contributed by atoms with E-state index in [4.69, 9.17) is 0 Å². The van der Waals surface area contributed by atoms with E-state index in [1.54, 1.807) is 0 Å². The van der Waals surface area contributed by atoms with Crippen molar-refractivity contribution in [3.8, 4) is 0 Å². The topological polar surface area (TPSA) is 117 Å². The Hall–Kier alpha value is -3.00. The summed E-state index contributed by atoms with van der Waals surface area (Å²) >= 11 is 0. The molecule has 0 spiro atoms. The summed E-state index contributed by atoms with van der Waals surface area (Å²) in [6.45, 7) is 2.02. The Morgan fingerprint density at radius 2 is 2.17 bits per heavy atom. The number of nitrogens with zero attached hydrogens (tertiary/aromatic N) is 1. The number of fused-ring (bicyclic) bond motifs is 1. The molecule has 0 radical (unpaired) electrons. The van der Waals surface area contributed by atoms with Gasteiger partial charge in [-0.15, -0.1) is 0 Å². The van der Waals surface area contributed by atoms with Gasteiger partial charge in [-0.1, -0.05) is 11.6 Å². The molecule has 1 aliphatic heterocycles. The zero-order valence-electron chi connectivity index (χ0n) is 12.8. The third kappa shape index (κ3) is 3.33. The van der Waals surface area contributed by atoms with E-state index >= 15 is 0 Å². The molecule has 0 unspecified atom stereocenters. The zero-order chi connectivity index (χ0) is 17.1. The van der Waals surface area contributed by atoms with Crippen LogP contribution in [0.1, 0.15) is 16.8 Å². The van der Waals surface area contributed by atoms with Crippen LogP contribution in [-0.4, -0.2) is 35.4 Å². The highest BCUT2D eigenvalue weighted by molar-refractivity contribution is 6.06. The van der Waals surface area contributed by atoms with Gasteiger partial charge >= 0.3 is 0 Å². The lowest BCUT2D eigenvalue weighted by Gasteiger charge is -2.15. The van der Waals surface area contributed by atoms with Crippen molar-refractivity contribution in [2.24, 2.45) is 0 Å². The van der Waals surface area contributed by atoms with E-state index in [2.05, 4.69) is 15.6 Å². The molecule has 1 aromatic heterocycles. The Bertz CT molecular complexity index is 901. The number of aromatic amines is 1. The minimum atomic E-state index is -0.536. The van der Waals surface area contributed by atoms with Gasteiger partial charge in [-0.2, -0.15) is 0 Å². The molecule has 0 atom stereocenters. The first-order valence-corrected chi connectivity index (χ1v) is 7.53. The van der Waals surface area contributed by atoms with Crippen molar-refractivity contribution in [3.05, 3.63) is 61.9 Å². The Balaban J connectivity index is 1.92. The first-order valence-electron chi connectivity index (χ1n) is 7.53. The summed E-state index contributed by atoms with van der Waals surface area (Å²) in [6, 6.07) is 5.18. The van der Waals surface area contributed by atoms with Crippen molar-refractivity contribution in [2.45, 2.75) is 6.42 Å². The number of nitrogens with one attached hydrogen (secondary N) is 3. The number of aromatic nitrogens is 1. The molecule has 2 aromatic rings. The molecule has 2 heterocycles. The molecule has 0 saturated carbocycles. The summed E-state index contributed by atoms with van der Waals surface area (Å²) in [5, 5.41) is 17.3. The minimum Gasteiger partial charge on any atom is -0.348 e. The quantitative estimate of drug-likeness (QED) is 0.441. The number of H-pyrrole nitrogens is 1. The van der Waals surface area contributed by atoms with Crippen LogP contribution >= 0.6 is 0 Å². The van der Waals surface area contributed by atoms with Gasteiger partial charge in [0.05, 0.1) is 10.5 Å². The van der Waals surface area contributed by atoms with E-state index < -0.39 is 16.4 Å². The zero-order valence-corrected chi connectivity index (χ0v) is 12.8. The van der Waals surface area contributed by atoms with Crippen molar-refractivity contribution in [3.63, 3.8) is 0 Å². The van der Waals surface area contributed by atoms with E-state index in [9.17, 15) is 19.7 Å². The number of hydrogen-bond acceptors (Lipinski definition) is 5. The fraction of sp³-hybridized carbons (Fsp3) is 0.250. The Morgan fingerprint density at radius 1 is 1.33 bits per heavy atom. The molecule has 1 aromatic carbocycles. The molecular weight excluding hydrogens is 312 g/mol. The van der Waals surface area contributed by atoms with Gasteiger partial charge in [-0.25, -0.2) is 0 Å². The third-order valence-electron chi connectivity index (χ3n) is 3.92. The summed E-state index contributed by atoms with van der Waals surface area (Å²) in [4.78, 5) is 37.2. The van der Waals surface area contributed by atoms with E-state index in [-0.39, 0.29) is 11.3 Å². The molecule has 24 heavy (non-hydrogen) atoms. The fourth-order valence-corrected chi connectivity index (χ4v) is 2.66. The number of amides is 1. The SMILES string of the molecule is O=C(NCC1=CCNCC1)c1cc(=O)[nH]c2ccc([N+](=O)[O-])cc12. The summed E-state index contributed by atoms with van der Waals surface area (Å²) in [6.07, 6.45) is 2.87. The molecule has 124 valence electrons. The number of non-ortho nitro benzene ring substituents is 1. The average Bonchev–Trinajstić information content (AvgIpc) is 2.59. The lowest BCUT2D eigenvalue weighted by molar-refractivity contribution is -0.384. The summed E-state index contributed by atoms with van der Waals surface area (Å²) in [5.41, 5.74) is 1.07. The van der Waals surface area contributed by atoms with Crippen LogP contribution in [0.25, 0.3) is 10.9 Å². The van der Waals surface area contributed by atoms with Gasteiger partial charge in [0, 0.05) is 42.2 Å². The molecule has 0 saturated heterocycles. The van der Waals surface area contributed by atoms with Gasteiger partial charge in [0.1, 0.15) is 0 Å². The lowest BCUT2D eigenvalue weighted by Crippen LogP contribution is -2.30. The highest BCUT2D eigenvalue weighted by Gasteiger charge is 2.15. The second kappa shape index (κ2) is 6.63. The number of benzene rings is 1. The van der Waals surface area contributed by atoms with E-state index in [1.807, 2.05) is 6.08 Å². The first kappa shape index (κ1) is 15.9. The molecule has 1 aliphatic rings. The van der Waals surface area contributed by atoms with Gasteiger partial charge in [0.15, 0.2) is 0 Å². The smallest absolute Gasteiger partial charge is 0.270 e. The molecule has 3 N–H and O–H groups in total. The summed E-state index contributed by atoms with van der Waals surface area (Å²) in [5.74, 6) is -0.425. The van der Waals surface area contributed by atoms with Gasteiger partial charge in [0.2, 0.25) is 5.56 Å². The number of hydrogen-bond donors (Lipinski definition) is 3. The molecule has 0 fully saturated rings. The molecule has 0 bridgehead atoms. The van der Waals surface area contributed by atoms with Crippen LogP contribution in [0.15, 0.2) is 40.7 Å². The van der Waals surface area contributed by atoms with E-state index in [0.717, 1.165) is 31.1 Å². The third-order valence-corrected chi connectivity index (χ3v) is 3.92. The number of carbonyl (C=O) groups is 1. The molecule has 0 aliphatic carbocycles. The largest absolute Gasteiger partial charge is 0.348 e. The predicted octanol–water partition coefficient (Wildman–Crippen LogP) is 1.09. The first-order chi connectivity index (χ1) is 11.5.